The SMILES string of the molecule is Cc1ccc(C(CNC(=NCc2ccccc2)N(C)C)N2CCCC2)o1. The lowest BCUT2D eigenvalue weighted by atomic mass is 10.2. The van der Waals surface area contributed by atoms with Crippen LogP contribution in [0.5, 0.6) is 0 Å². The molecule has 1 fully saturated rings. The van der Waals surface area contributed by atoms with Crippen LogP contribution in [0.15, 0.2) is 51.9 Å². The molecule has 1 N–H and O–H groups in total. The van der Waals surface area contributed by atoms with E-state index >= 15 is 0 Å². The Morgan fingerprint density at radius 1 is 1.15 bits per heavy atom. The van der Waals surface area contributed by atoms with Gasteiger partial charge >= 0.3 is 0 Å². The van der Waals surface area contributed by atoms with Gasteiger partial charge in [0.1, 0.15) is 11.5 Å². The molecule has 0 bridgehead atoms. The predicted octanol–water partition coefficient (Wildman–Crippen LogP) is 3.43. The predicted molar refractivity (Wildman–Crippen MR) is 106 cm³/mol. The Balaban J connectivity index is 1.68. The Kier molecular flexibility index (Phi) is 6.34. The van der Waals surface area contributed by atoms with Crippen molar-refractivity contribution in [3.05, 3.63) is 59.5 Å². The topological polar surface area (TPSA) is 44.0 Å². The highest BCUT2D eigenvalue weighted by atomic mass is 16.3. The molecule has 1 aliphatic rings. The van der Waals surface area contributed by atoms with Crippen molar-refractivity contribution < 1.29 is 4.42 Å². The molecular weight excluding hydrogens is 324 g/mol. The molecule has 0 radical (unpaired) electrons. The molecule has 1 unspecified atom stereocenters. The minimum absolute atomic E-state index is 0.244. The van der Waals surface area contributed by atoms with E-state index in [2.05, 4.69) is 46.6 Å². The molecule has 1 aliphatic heterocycles. The van der Waals surface area contributed by atoms with E-state index in [4.69, 9.17) is 9.41 Å². The molecule has 3 rings (SSSR count). The van der Waals surface area contributed by atoms with Crippen molar-refractivity contribution >= 4 is 5.96 Å². The lowest BCUT2D eigenvalue weighted by Crippen LogP contribution is -2.42. The number of furan rings is 1. The summed E-state index contributed by atoms with van der Waals surface area (Å²) in [6.45, 7) is 5.73. The van der Waals surface area contributed by atoms with E-state index in [9.17, 15) is 0 Å². The monoisotopic (exact) mass is 354 g/mol. The van der Waals surface area contributed by atoms with Crippen LogP contribution in [0.2, 0.25) is 0 Å². The minimum Gasteiger partial charge on any atom is -0.465 e. The lowest BCUT2D eigenvalue weighted by Gasteiger charge is -2.28. The Morgan fingerprint density at radius 2 is 1.88 bits per heavy atom. The van der Waals surface area contributed by atoms with Crippen LogP contribution in [0.1, 0.15) is 36.0 Å². The summed E-state index contributed by atoms with van der Waals surface area (Å²) >= 11 is 0. The molecule has 0 aliphatic carbocycles. The fourth-order valence-corrected chi connectivity index (χ4v) is 3.39. The number of nitrogens with one attached hydrogen (secondary N) is 1. The summed E-state index contributed by atoms with van der Waals surface area (Å²) in [4.78, 5) is 9.32. The van der Waals surface area contributed by atoms with E-state index in [1.165, 1.54) is 18.4 Å². The van der Waals surface area contributed by atoms with Gasteiger partial charge in [0.25, 0.3) is 0 Å². The van der Waals surface area contributed by atoms with Gasteiger partial charge in [-0.15, -0.1) is 0 Å². The summed E-state index contributed by atoms with van der Waals surface area (Å²) in [5.74, 6) is 2.91. The second-order valence-corrected chi connectivity index (χ2v) is 7.11. The van der Waals surface area contributed by atoms with Crippen LogP contribution in [-0.2, 0) is 6.54 Å². The molecule has 1 aromatic heterocycles. The van der Waals surface area contributed by atoms with E-state index < -0.39 is 0 Å². The molecule has 140 valence electrons. The molecule has 2 aromatic rings. The lowest BCUT2D eigenvalue weighted by molar-refractivity contribution is 0.213. The first kappa shape index (κ1) is 18.5. The molecule has 26 heavy (non-hydrogen) atoms. The maximum Gasteiger partial charge on any atom is 0.193 e. The zero-order valence-corrected chi connectivity index (χ0v) is 16.1. The molecule has 0 spiro atoms. The number of aliphatic imine (C=N–C) groups is 1. The number of rotatable bonds is 6. The van der Waals surface area contributed by atoms with Crippen molar-refractivity contribution in [2.75, 3.05) is 33.7 Å². The molecule has 2 heterocycles. The van der Waals surface area contributed by atoms with Gasteiger partial charge < -0.3 is 14.6 Å². The van der Waals surface area contributed by atoms with Gasteiger partial charge in [0.2, 0.25) is 0 Å². The van der Waals surface area contributed by atoms with Crippen molar-refractivity contribution in [1.29, 1.82) is 0 Å². The number of guanidine groups is 1. The van der Waals surface area contributed by atoms with Crippen LogP contribution < -0.4 is 5.32 Å². The zero-order valence-electron chi connectivity index (χ0n) is 16.1. The van der Waals surface area contributed by atoms with Crippen LogP contribution in [-0.4, -0.2) is 49.5 Å². The largest absolute Gasteiger partial charge is 0.465 e. The highest BCUT2D eigenvalue weighted by Gasteiger charge is 2.26. The van der Waals surface area contributed by atoms with Crippen LogP contribution in [0.4, 0.5) is 0 Å². The van der Waals surface area contributed by atoms with Gasteiger partial charge in [-0.3, -0.25) is 4.90 Å². The Labute approximate surface area is 156 Å². The summed E-state index contributed by atoms with van der Waals surface area (Å²) < 4.78 is 5.94. The van der Waals surface area contributed by atoms with Crippen molar-refractivity contribution in [3.63, 3.8) is 0 Å². The van der Waals surface area contributed by atoms with Crippen molar-refractivity contribution in [2.24, 2.45) is 4.99 Å². The van der Waals surface area contributed by atoms with E-state index in [1.807, 2.05) is 32.0 Å². The summed E-state index contributed by atoms with van der Waals surface area (Å²) in [6.07, 6.45) is 2.53. The molecule has 0 amide bonds. The van der Waals surface area contributed by atoms with Crippen molar-refractivity contribution in [1.82, 2.24) is 15.1 Å². The maximum absolute atomic E-state index is 5.94. The van der Waals surface area contributed by atoms with Gasteiger partial charge in [0.05, 0.1) is 12.6 Å². The summed E-state index contributed by atoms with van der Waals surface area (Å²) in [6, 6.07) is 14.8. The van der Waals surface area contributed by atoms with Crippen LogP contribution in [0.3, 0.4) is 0 Å². The number of nitrogens with zero attached hydrogens (tertiary/aromatic N) is 3. The second kappa shape index (κ2) is 8.90. The fourth-order valence-electron chi connectivity index (χ4n) is 3.39. The molecule has 1 aromatic carbocycles. The summed E-state index contributed by atoms with van der Waals surface area (Å²) in [7, 11) is 4.05. The molecular formula is C21H30N4O. The number of aryl methyl sites for hydroxylation is 1. The standard InChI is InChI=1S/C21H30N4O/c1-17-11-12-20(26-17)19(25-13-7-8-14-25)16-23-21(24(2)3)22-15-18-9-5-4-6-10-18/h4-6,9-12,19H,7-8,13-16H2,1-3H3,(H,22,23). The summed E-state index contributed by atoms with van der Waals surface area (Å²) in [5, 5.41) is 3.55. The molecule has 1 saturated heterocycles. The third-order valence-electron chi connectivity index (χ3n) is 4.80. The number of benzene rings is 1. The number of likely N-dealkylation sites (tertiary alicyclic amines) is 1. The first-order valence-electron chi connectivity index (χ1n) is 9.43. The normalized spacial score (nSPS) is 16.7. The quantitative estimate of drug-likeness (QED) is 0.638. The molecule has 5 nitrogen and oxygen atoms in total. The minimum atomic E-state index is 0.244. The fraction of sp³-hybridized carbons (Fsp3) is 0.476. The van der Waals surface area contributed by atoms with Gasteiger partial charge in [-0.05, 0) is 50.6 Å². The van der Waals surface area contributed by atoms with Gasteiger partial charge in [-0.2, -0.15) is 0 Å². The van der Waals surface area contributed by atoms with E-state index in [1.54, 1.807) is 0 Å². The summed E-state index contributed by atoms with van der Waals surface area (Å²) in [5.41, 5.74) is 1.21. The number of hydrogen-bond acceptors (Lipinski definition) is 3. The average Bonchev–Trinajstić information content (AvgIpc) is 3.31. The molecule has 5 heteroatoms. The first-order chi connectivity index (χ1) is 12.6. The Bertz CT molecular complexity index is 702. The Morgan fingerprint density at radius 3 is 2.50 bits per heavy atom. The van der Waals surface area contributed by atoms with Crippen LogP contribution in [0.25, 0.3) is 0 Å². The smallest absolute Gasteiger partial charge is 0.193 e. The van der Waals surface area contributed by atoms with E-state index in [0.29, 0.717) is 6.54 Å². The third-order valence-corrected chi connectivity index (χ3v) is 4.80. The molecule has 1 atom stereocenters. The third kappa shape index (κ3) is 4.88. The zero-order chi connectivity index (χ0) is 18.4. The Hall–Kier alpha value is -2.27. The second-order valence-electron chi connectivity index (χ2n) is 7.11. The van der Waals surface area contributed by atoms with Crippen molar-refractivity contribution in [3.8, 4) is 0 Å². The highest BCUT2D eigenvalue weighted by molar-refractivity contribution is 5.79. The van der Waals surface area contributed by atoms with Gasteiger partial charge in [-0.1, -0.05) is 30.3 Å². The first-order valence-corrected chi connectivity index (χ1v) is 9.43. The van der Waals surface area contributed by atoms with Gasteiger partial charge in [0, 0.05) is 20.6 Å². The van der Waals surface area contributed by atoms with Crippen molar-refractivity contribution in [2.45, 2.75) is 32.4 Å². The van der Waals surface area contributed by atoms with E-state index in [-0.39, 0.29) is 6.04 Å². The van der Waals surface area contributed by atoms with E-state index in [0.717, 1.165) is 37.1 Å². The van der Waals surface area contributed by atoms with Gasteiger partial charge in [0.15, 0.2) is 5.96 Å². The average molecular weight is 354 g/mol. The van der Waals surface area contributed by atoms with Gasteiger partial charge in [-0.25, -0.2) is 4.99 Å². The maximum atomic E-state index is 5.94. The number of hydrogen-bond donors (Lipinski definition) is 1. The van der Waals surface area contributed by atoms with Crippen LogP contribution in [0, 0.1) is 6.92 Å². The van der Waals surface area contributed by atoms with Crippen LogP contribution >= 0.6 is 0 Å². The highest BCUT2D eigenvalue weighted by Crippen LogP contribution is 2.26. The molecule has 0 saturated carbocycles.